The first-order chi connectivity index (χ1) is 14.0. The molecule has 1 atom stereocenters. The molecule has 30 heavy (non-hydrogen) atoms. The molecule has 2 aromatic rings. The maximum atomic E-state index is 13.5. The summed E-state index contributed by atoms with van der Waals surface area (Å²) in [6, 6.07) is 10.0. The quantitative estimate of drug-likeness (QED) is 0.391. The number of nitrogens with two attached hydrogens (primary N) is 1. The first-order valence-corrected chi connectivity index (χ1v) is 10.8. The van der Waals surface area contributed by atoms with Gasteiger partial charge < -0.3 is 10.8 Å². The van der Waals surface area contributed by atoms with Gasteiger partial charge in [-0.2, -0.15) is 13.2 Å². The molecule has 166 valence electrons. The standard InChI is InChI=1S/C23H28Cl2F3NO/c1-22(29,15-30)12-11-17-7-9-18(19(13-17)23(26,27)28)6-4-2-3-5-16-8-10-20(24)21(25)14-16/h7-10,13-14,30H,2-6,11-12,15,29H2,1H3/t22-/m0/s1. The highest BCUT2D eigenvalue weighted by molar-refractivity contribution is 6.42. The maximum absolute atomic E-state index is 13.5. The van der Waals surface area contributed by atoms with Gasteiger partial charge >= 0.3 is 6.18 Å². The lowest BCUT2D eigenvalue weighted by atomic mass is 9.92. The lowest BCUT2D eigenvalue weighted by Gasteiger charge is -2.22. The summed E-state index contributed by atoms with van der Waals surface area (Å²) < 4.78 is 40.6. The van der Waals surface area contributed by atoms with Gasteiger partial charge in [-0.1, -0.05) is 47.8 Å². The van der Waals surface area contributed by atoms with Crippen molar-refractivity contribution in [1.82, 2.24) is 0 Å². The fourth-order valence-corrected chi connectivity index (χ4v) is 3.61. The van der Waals surface area contributed by atoms with Crippen LogP contribution in [-0.2, 0) is 25.4 Å². The smallest absolute Gasteiger partial charge is 0.394 e. The second-order valence-corrected chi connectivity index (χ2v) is 8.92. The minimum absolute atomic E-state index is 0.209. The molecule has 2 rings (SSSR count). The van der Waals surface area contributed by atoms with Crippen LogP contribution in [0.3, 0.4) is 0 Å². The molecule has 0 radical (unpaired) electrons. The predicted molar refractivity (Wildman–Crippen MR) is 117 cm³/mol. The van der Waals surface area contributed by atoms with Crippen LogP contribution in [-0.4, -0.2) is 17.3 Å². The Morgan fingerprint density at radius 2 is 1.50 bits per heavy atom. The summed E-state index contributed by atoms with van der Waals surface area (Å²) in [6.45, 7) is 1.48. The van der Waals surface area contributed by atoms with Gasteiger partial charge in [0.1, 0.15) is 0 Å². The fourth-order valence-electron chi connectivity index (χ4n) is 3.29. The second kappa shape index (κ2) is 10.9. The normalized spacial score (nSPS) is 14.0. The van der Waals surface area contributed by atoms with Gasteiger partial charge in [0.05, 0.1) is 22.2 Å². The van der Waals surface area contributed by atoms with E-state index in [9.17, 15) is 18.3 Å². The highest BCUT2D eigenvalue weighted by atomic mass is 35.5. The van der Waals surface area contributed by atoms with Crippen molar-refractivity contribution in [3.8, 4) is 0 Å². The van der Waals surface area contributed by atoms with Crippen molar-refractivity contribution in [2.24, 2.45) is 5.73 Å². The fraction of sp³-hybridized carbons (Fsp3) is 0.478. The Kier molecular flexibility index (Phi) is 9.04. The van der Waals surface area contributed by atoms with E-state index in [2.05, 4.69) is 0 Å². The molecule has 0 saturated carbocycles. The van der Waals surface area contributed by atoms with Crippen LogP contribution in [0.5, 0.6) is 0 Å². The number of aliphatic hydroxyl groups excluding tert-OH is 1. The van der Waals surface area contributed by atoms with Crippen LogP contribution in [0.25, 0.3) is 0 Å². The number of aliphatic hydroxyl groups is 1. The van der Waals surface area contributed by atoms with E-state index in [1.807, 2.05) is 12.1 Å². The molecule has 0 bridgehead atoms. The monoisotopic (exact) mass is 461 g/mol. The molecule has 0 fully saturated rings. The van der Waals surface area contributed by atoms with Crippen LogP contribution >= 0.6 is 23.2 Å². The largest absolute Gasteiger partial charge is 0.416 e. The lowest BCUT2D eigenvalue weighted by Crippen LogP contribution is -2.40. The number of benzene rings is 2. The van der Waals surface area contributed by atoms with Crippen molar-refractivity contribution in [3.63, 3.8) is 0 Å². The number of halogens is 5. The average molecular weight is 462 g/mol. The molecular formula is C23H28Cl2F3NO. The van der Waals surface area contributed by atoms with E-state index in [1.165, 1.54) is 6.07 Å². The number of alkyl halides is 3. The van der Waals surface area contributed by atoms with Gasteiger partial charge in [-0.15, -0.1) is 0 Å². The predicted octanol–water partition coefficient (Wildman–Crippen LogP) is 6.61. The van der Waals surface area contributed by atoms with Crippen molar-refractivity contribution in [2.45, 2.75) is 63.6 Å². The highest BCUT2D eigenvalue weighted by Crippen LogP contribution is 2.34. The molecule has 0 spiro atoms. The Balaban J connectivity index is 1.93. The highest BCUT2D eigenvalue weighted by Gasteiger charge is 2.33. The summed E-state index contributed by atoms with van der Waals surface area (Å²) in [7, 11) is 0. The van der Waals surface area contributed by atoms with E-state index in [0.717, 1.165) is 24.8 Å². The zero-order valence-electron chi connectivity index (χ0n) is 17.0. The molecule has 0 aliphatic carbocycles. The number of hydrogen-bond donors (Lipinski definition) is 2. The lowest BCUT2D eigenvalue weighted by molar-refractivity contribution is -0.138. The molecule has 2 aromatic carbocycles. The Morgan fingerprint density at radius 1 is 0.867 bits per heavy atom. The Hall–Kier alpha value is -1.27. The number of hydrogen-bond acceptors (Lipinski definition) is 2. The third-order valence-electron chi connectivity index (χ3n) is 5.22. The van der Waals surface area contributed by atoms with Gasteiger partial charge in [0.2, 0.25) is 0 Å². The maximum Gasteiger partial charge on any atom is 0.416 e. The van der Waals surface area contributed by atoms with E-state index in [4.69, 9.17) is 28.9 Å². The second-order valence-electron chi connectivity index (χ2n) is 8.11. The Bertz CT molecular complexity index is 838. The number of aryl methyl sites for hydroxylation is 3. The van der Waals surface area contributed by atoms with Crippen LogP contribution < -0.4 is 5.73 Å². The van der Waals surface area contributed by atoms with Gasteiger partial charge in [0.15, 0.2) is 0 Å². The van der Waals surface area contributed by atoms with Crippen LogP contribution in [0, 0.1) is 0 Å². The molecule has 0 unspecified atom stereocenters. The van der Waals surface area contributed by atoms with Crippen molar-refractivity contribution in [2.75, 3.05) is 6.61 Å². The molecule has 0 aliphatic rings. The van der Waals surface area contributed by atoms with Crippen LogP contribution in [0.15, 0.2) is 36.4 Å². The third kappa shape index (κ3) is 7.77. The molecule has 7 heteroatoms. The SMILES string of the molecule is C[C@@](N)(CO)CCc1ccc(CCCCCc2ccc(Cl)c(Cl)c2)c(C(F)(F)F)c1. The molecular weight excluding hydrogens is 434 g/mol. The van der Waals surface area contributed by atoms with E-state index < -0.39 is 17.3 Å². The molecule has 0 aliphatic heterocycles. The van der Waals surface area contributed by atoms with Gasteiger partial charge in [-0.25, -0.2) is 0 Å². The summed E-state index contributed by atoms with van der Waals surface area (Å²) in [5.74, 6) is 0. The molecule has 0 amide bonds. The van der Waals surface area contributed by atoms with E-state index >= 15 is 0 Å². The van der Waals surface area contributed by atoms with Gasteiger partial charge in [-0.3, -0.25) is 0 Å². The van der Waals surface area contributed by atoms with E-state index in [0.29, 0.717) is 46.9 Å². The summed E-state index contributed by atoms with van der Waals surface area (Å²) in [5, 5.41) is 10.2. The summed E-state index contributed by atoms with van der Waals surface area (Å²) in [5.41, 5.74) is 6.47. The van der Waals surface area contributed by atoms with Gasteiger partial charge in [-0.05, 0) is 80.3 Å². The van der Waals surface area contributed by atoms with Crippen LogP contribution in [0.1, 0.15) is 54.9 Å². The Morgan fingerprint density at radius 3 is 2.13 bits per heavy atom. The minimum atomic E-state index is -4.39. The average Bonchev–Trinajstić information content (AvgIpc) is 2.68. The Labute approximate surface area is 186 Å². The third-order valence-corrected chi connectivity index (χ3v) is 5.96. The summed E-state index contributed by atoms with van der Waals surface area (Å²) in [6.07, 6.45) is -0.0413. The molecule has 0 heterocycles. The topological polar surface area (TPSA) is 46.2 Å². The molecule has 0 aromatic heterocycles. The van der Waals surface area contributed by atoms with E-state index in [-0.39, 0.29) is 6.61 Å². The minimum Gasteiger partial charge on any atom is -0.394 e. The van der Waals surface area contributed by atoms with Crippen molar-refractivity contribution in [3.05, 3.63) is 68.7 Å². The first kappa shape index (κ1) is 25.0. The van der Waals surface area contributed by atoms with Gasteiger partial charge in [0.25, 0.3) is 0 Å². The van der Waals surface area contributed by atoms with E-state index in [1.54, 1.807) is 25.1 Å². The first-order valence-electron chi connectivity index (χ1n) is 10.0. The van der Waals surface area contributed by atoms with Crippen molar-refractivity contribution < 1.29 is 18.3 Å². The molecule has 2 nitrogen and oxygen atoms in total. The van der Waals surface area contributed by atoms with Crippen LogP contribution in [0.4, 0.5) is 13.2 Å². The summed E-state index contributed by atoms with van der Waals surface area (Å²) >= 11 is 11.9. The van der Waals surface area contributed by atoms with Crippen LogP contribution in [0.2, 0.25) is 10.0 Å². The summed E-state index contributed by atoms with van der Waals surface area (Å²) in [4.78, 5) is 0. The molecule has 0 saturated heterocycles. The zero-order valence-corrected chi connectivity index (χ0v) is 18.5. The zero-order chi connectivity index (χ0) is 22.4. The number of rotatable bonds is 10. The van der Waals surface area contributed by atoms with Crippen molar-refractivity contribution >= 4 is 23.2 Å². The molecule has 3 N–H and O–H groups in total. The number of unbranched alkanes of at least 4 members (excludes halogenated alkanes) is 2. The van der Waals surface area contributed by atoms with Gasteiger partial charge in [0, 0.05) is 5.54 Å². The van der Waals surface area contributed by atoms with Crippen molar-refractivity contribution in [1.29, 1.82) is 0 Å².